The Bertz CT molecular complexity index is 1460. The molecular formula is C41H63N5O9. The molecule has 4 atom stereocenters. The van der Waals surface area contributed by atoms with Crippen molar-refractivity contribution in [2.45, 2.75) is 141 Å². The number of hydrogen-bond acceptors (Lipinski definition) is 10. The molecule has 0 aliphatic heterocycles. The van der Waals surface area contributed by atoms with E-state index < -0.39 is 54.3 Å². The van der Waals surface area contributed by atoms with Crippen molar-refractivity contribution in [2.75, 3.05) is 19.6 Å². The maximum atomic E-state index is 13.6. The third-order valence-electron chi connectivity index (χ3n) is 9.81. The lowest BCUT2D eigenvalue weighted by Crippen LogP contribution is -2.56. The number of Topliss-reactive ketones (excluding diaryl/α,β-unsaturated/α-hetero) is 3. The molecular weight excluding hydrogens is 706 g/mol. The van der Waals surface area contributed by atoms with Gasteiger partial charge in [-0.05, 0) is 68.3 Å². The Kier molecular flexibility index (Phi) is 22.6. The van der Waals surface area contributed by atoms with Crippen LogP contribution < -0.4 is 27.0 Å². The molecule has 0 saturated heterocycles. The van der Waals surface area contributed by atoms with Crippen molar-refractivity contribution in [1.82, 2.24) is 21.3 Å². The van der Waals surface area contributed by atoms with Crippen LogP contribution in [0.2, 0.25) is 0 Å². The molecule has 2 amide bonds. The second-order valence-corrected chi connectivity index (χ2v) is 14.5. The van der Waals surface area contributed by atoms with Gasteiger partial charge in [0.25, 0.3) is 0 Å². The zero-order valence-electron chi connectivity index (χ0n) is 32.7. The largest absolute Gasteiger partial charge is 0.481 e. The first-order valence-electron chi connectivity index (χ1n) is 19.9. The second-order valence-electron chi connectivity index (χ2n) is 14.5. The van der Waals surface area contributed by atoms with Crippen LogP contribution in [0.1, 0.15) is 128 Å². The highest BCUT2D eigenvalue weighted by Gasteiger charge is 2.29. The molecule has 306 valence electrons. The smallest absolute Gasteiger partial charge is 0.341 e. The molecule has 0 fully saturated rings. The Morgan fingerprint density at radius 2 is 1.47 bits per heavy atom. The molecule has 2 rings (SSSR count). The fraction of sp³-hybridized carbons (Fsp3) is 0.634. The summed E-state index contributed by atoms with van der Waals surface area (Å²) in [6.45, 7) is 4.33. The van der Waals surface area contributed by atoms with Gasteiger partial charge in [0.2, 0.25) is 11.8 Å². The Hall–Kier alpha value is -4.27. The number of benzene rings is 1. The highest BCUT2D eigenvalue weighted by Crippen LogP contribution is 2.33. The Labute approximate surface area is 325 Å². The van der Waals surface area contributed by atoms with Gasteiger partial charge in [-0.2, -0.15) is 0 Å². The van der Waals surface area contributed by atoms with E-state index in [1.54, 1.807) is 0 Å². The van der Waals surface area contributed by atoms with Crippen LogP contribution in [0.5, 0.6) is 0 Å². The number of hydrogen-bond donors (Lipinski definition) is 7. The van der Waals surface area contributed by atoms with E-state index in [1.165, 1.54) is 32.1 Å². The number of fused-ring (bicyclic) bond motifs is 1. The van der Waals surface area contributed by atoms with E-state index in [0.717, 1.165) is 36.5 Å². The third kappa shape index (κ3) is 19.2. The van der Waals surface area contributed by atoms with Crippen LogP contribution >= 0.6 is 0 Å². The SMILES string of the molecule is CCCCCCCCCC(=O)CCCNCC[C@H](N)C(=O)C[C@H](CC1=CCc2ccccc21)C(=O)CCN[C@H](NC(=O)[C@@H](CCC(=O)O)NC(C)=O)C(=O)O. The number of carboxylic acids is 2. The summed E-state index contributed by atoms with van der Waals surface area (Å²) in [5.74, 6) is -5.10. The number of unbranched alkanes of at least 4 members (excludes halogenated alkanes) is 6. The van der Waals surface area contributed by atoms with Crippen LogP contribution in [0, 0.1) is 5.92 Å². The van der Waals surface area contributed by atoms with Gasteiger partial charge in [-0.15, -0.1) is 0 Å². The van der Waals surface area contributed by atoms with Crippen molar-refractivity contribution < 1.29 is 43.8 Å². The minimum Gasteiger partial charge on any atom is -0.481 e. The Morgan fingerprint density at radius 1 is 0.782 bits per heavy atom. The van der Waals surface area contributed by atoms with Gasteiger partial charge < -0.3 is 31.9 Å². The molecule has 1 aliphatic rings. The molecule has 14 nitrogen and oxygen atoms in total. The number of carbonyl (C=O) groups is 7. The highest BCUT2D eigenvalue weighted by molar-refractivity contribution is 5.92. The van der Waals surface area contributed by atoms with E-state index >= 15 is 0 Å². The summed E-state index contributed by atoms with van der Waals surface area (Å²) >= 11 is 0. The van der Waals surface area contributed by atoms with Crippen molar-refractivity contribution in [2.24, 2.45) is 11.7 Å². The van der Waals surface area contributed by atoms with Crippen molar-refractivity contribution >= 4 is 46.7 Å². The summed E-state index contributed by atoms with van der Waals surface area (Å²) in [5, 5.41) is 29.2. The predicted molar refractivity (Wildman–Crippen MR) is 210 cm³/mol. The van der Waals surface area contributed by atoms with E-state index in [1.807, 2.05) is 30.3 Å². The minimum atomic E-state index is -1.63. The Morgan fingerprint density at radius 3 is 2.16 bits per heavy atom. The van der Waals surface area contributed by atoms with Crippen LogP contribution in [-0.2, 0) is 40.0 Å². The van der Waals surface area contributed by atoms with Gasteiger partial charge in [0.05, 0.1) is 6.04 Å². The fourth-order valence-electron chi connectivity index (χ4n) is 6.63. The van der Waals surface area contributed by atoms with Gasteiger partial charge in [-0.25, -0.2) is 4.79 Å². The highest BCUT2D eigenvalue weighted by atomic mass is 16.4. The predicted octanol–water partition coefficient (Wildman–Crippen LogP) is 3.83. The third-order valence-corrected chi connectivity index (χ3v) is 9.81. The normalized spacial score (nSPS) is 14.2. The van der Waals surface area contributed by atoms with Crippen LogP contribution in [0.25, 0.3) is 5.57 Å². The first kappa shape index (κ1) is 46.9. The van der Waals surface area contributed by atoms with Crippen molar-refractivity contribution in [3.63, 3.8) is 0 Å². The monoisotopic (exact) mass is 769 g/mol. The molecule has 55 heavy (non-hydrogen) atoms. The second kappa shape index (κ2) is 26.5. The number of aliphatic carboxylic acids is 2. The molecule has 0 spiro atoms. The summed E-state index contributed by atoms with van der Waals surface area (Å²) < 4.78 is 0. The van der Waals surface area contributed by atoms with Gasteiger partial charge in [0.1, 0.15) is 23.4 Å². The Balaban J connectivity index is 1.90. The van der Waals surface area contributed by atoms with Gasteiger partial charge in [0, 0.05) is 51.5 Å². The molecule has 1 aromatic carbocycles. The molecule has 0 aromatic heterocycles. The van der Waals surface area contributed by atoms with E-state index in [2.05, 4.69) is 28.2 Å². The van der Waals surface area contributed by atoms with Crippen LogP contribution in [0.4, 0.5) is 0 Å². The number of carboxylic acid groups (broad SMARTS) is 2. The summed E-state index contributed by atoms with van der Waals surface area (Å²) in [5.41, 5.74) is 9.38. The van der Waals surface area contributed by atoms with Gasteiger partial charge in [0.15, 0.2) is 6.17 Å². The van der Waals surface area contributed by atoms with Crippen LogP contribution in [0.15, 0.2) is 30.3 Å². The average Bonchev–Trinajstić information content (AvgIpc) is 3.55. The quantitative estimate of drug-likeness (QED) is 0.0409. The lowest BCUT2D eigenvalue weighted by molar-refractivity contribution is -0.144. The first-order chi connectivity index (χ1) is 26.3. The number of nitrogens with one attached hydrogen (secondary N) is 4. The van der Waals surface area contributed by atoms with Crippen molar-refractivity contribution in [3.05, 3.63) is 41.5 Å². The number of allylic oxidation sites excluding steroid dienone is 2. The molecule has 8 N–H and O–H groups in total. The number of nitrogens with two attached hydrogens (primary N) is 1. The van der Waals surface area contributed by atoms with E-state index in [0.29, 0.717) is 51.6 Å². The molecule has 1 aliphatic carbocycles. The molecule has 0 heterocycles. The summed E-state index contributed by atoms with van der Waals surface area (Å²) in [6, 6.07) is 5.78. The first-order valence-corrected chi connectivity index (χ1v) is 19.9. The molecule has 0 saturated carbocycles. The summed E-state index contributed by atoms with van der Waals surface area (Å²) in [7, 11) is 0. The number of amides is 2. The van der Waals surface area contributed by atoms with Crippen molar-refractivity contribution in [1.29, 1.82) is 0 Å². The zero-order valence-corrected chi connectivity index (χ0v) is 32.7. The molecule has 0 unspecified atom stereocenters. The van der Waals surface area contributed by atoms with Gasteiger partial charge >= 0.3 is 11.9 Å². The number of rotatable bonds is 32. The zero-order chi connectivity index (χ0) is 40.6. The standard InChI is InChI=1S/C41H63N5O9/c1-3-4-5-6-7-8-9-14-32(48)15-12-23-43-24-21-34(42)37(50)27-31(26-30-18-17-29-13-10-11-16-33(29)30)36(49)22-25-44-39(41(54)55)46-40(53)35(45-28(2)47)19-20-38(51)52/h10-11,13,16,18,31,34-35,39,43-44H,3-9,12,14-15,17,19-27,42H2,1-2H3,(H,45,47)(H,46,53)(H,51,52)(H,54,55)/t31-,34-,35+,39+/m0/s1. The molecule has 1 aromatic rings. The fourth-order valence-corrected chi connectivity index (χ4v) is 6.63. The van der Waals surface area contributed by atoms with Crippen molar-refractivity contribution in [3.8, 4) is 0 Å². The van der Waals surface area contributed by atoms with Gasteiger partial charge in [-0.3, -0.25) is 34.1 Å². The number of ketones is 3. The maximum absolute atomic E-state index is 13.6. The lowest BCUT2D eigenvalue weighted by Gasteiger charge is -2.22. The minimum absolute atomic E-state index is 0.0896. The molecule has 14 heteroatoms. The van der Waals surface area contributed by atoms with Crippen LogP contribution in [-0.4, -0.2) is 89.2 Å². The van der Waals surface area contributed by atoms with Crippen LogP contribution in [0.3, 0.4) is 0 Å². The van der Waals surface area contributed by atoms with E-state index in [9.17, 15) is 38.7 Å². The van der Waals surface area contributed by atoms with E-state index in [4.69, 9.17) is 10.8 Å². The van der Waals surface area contributed by atoms with E-state index in [-0.39, 0.29) is 43.2 Å². The molecule has 0 bridgehead atoms. The summed E-state index contributed by atoms with van der Waals surface area (Å²) in [4.78, 5) is 86.5. The topological polar surface area (TPSA) is 234 Å². The maximum Gasteiger partial charge on any atom is 0.341 e. The average molecular weight is 770 g/mol. The number of carbonyl (C=O) groups excluding carboxylic acids is 5. The molecule has 0 radical (unpaired) electrons. The van der Waals surface area contributed by atoms with Gasteiger partial charge in [-0.1, -0.05) is 75.8 Å². The summed E-state index contributed by atoms with van der Waals surface area (Å²) in [6.07, 6.45) is 11.0. The lowest BCUT2D eigenvalue weighted by atomic mass is 9.85.